The normalized spacial score (nSPS) is 26.8. The Balaban J connectivity index is 0.000000166. The number of hydrogen-bond acceptors (Lipinski definition) is 6. The maximum Gasteiger partial charge on any atom is 0.428 e. The second-order valence-corrected chi connectivity index (χ2v) is 14.6. The highest BCUT2D eigenvalue weighted by molar-refractivity contribution is 7.97. The largest absolute Gasteiger partial charge is 0.743 e. The molecule has 0 heterocycles. The maximum atomic E-state index is 13.1. The molecule has 0 saturated heterocycles. The van der Waals surface area contributed by atoms with Gasteiger partial charge in [0.1, 0.15) is 0 Å². The Kier molecular flexibility index (Phi) is 8.57. The summed E-state index contributed by atoms with van der Waals surface area (Å²) >= 11 is 0. The first-order valence-electron chi connectivity index (χ1n) is 13.6. The zero-order valence-corrected chi connectivity index (χ0v) is 23.9. The van der Waals surface area contributed by atoms with Gasteiger partial charge in [0.2, 0.25) is 0 Å². The number of hydrogen-bond donors (Lipinski definition) is 1. The monoisotopic (exact) mass is 602 g/mol. The fraction of sp³-hybridized carbons (Fsp3) is 0.387. The predicted octanol–water partition coefficient (Wildman–Crippen LogP) is 5.64. The molecule has 0 aliphatic heterocycles. The van der Waals surface area contributed by atoms with E-state index in [9.17, 15) is 31.7 Å². The second kappa shape index (κ2) is 11.8. The lowest BCUT2D eigenvalue weighted by Crippen LogP contribution is -2.58. The Labute approximate surface area is 241 Å². The molecule has 4 saturated carbocycles. The van der Waals surface area contributed by atoms with Crippen molar-refractivity contribution in [3.8, 4) is 0 Å². The molecule has 4 aliphatic carbocycles. The van der Waals surface area contributed by atoms with E-state index in [1.807, 2.05) is 0 Å². The molecule has 4 aliphatic rings. The number of ether oxygens (including phenoxy) is 1. The number of esters is 1. The molecule has 4 bridgehead atoms. The number of aliphatic hydroxyl groups is 1. The molecule has 0 amide bonds. The van der Waals surface area contributed by atoms with E-state index in [0.717, 1.165) is 19.3 Å². The van der Waals surface area contributed by atoms with Gasteiger partial charge < -0.3 is 14.4 Å². The third-order valence-corrected chi connectivity index (χ3v) is 11.4. The standard InChI is InChI=1S/C18H15S.C13H18F2O6S/c1-4-10-16(11-5-1)19(17-12-6-2-7-13-17)18-14-8-3-9-15-18;14-13(15,22(18,19)20)11(16)21-6-10-9-2-7-1-8(3-9)5-12(10,17)4-7/h1-15H;7-10,17H,1-6H2,(H,18,19,20)/q+1;/p-1. The first kappa shape index (κ1) is 29.7. The quantitative estimate of drug-likeness (QED) is 0.213. The zero-order valence-electron chi connectivity index (χ0n) is 22.3. The Morgan fingerprint density at radius 1 is 0.854 bits per heavy atom. The van der Waals surface area contributed by atoms with E-state index in [-0.39, 0.29) is 16.8 Å². The first-order valence-corrected chi connectivity index (χ1v) is 16.2. The van der Waals surface area contributed by atoms with Crippen LogP contribution < -0.4 is 0 Å². The lowest BCUT2D eigenvalue weighted by atomic mass is 9.50. The number of benzene rings is 3. The summed E-state index contributed by atoms with van der Waals surface area (Å²) in [6.07, 6.45) is 3.89. The number of carbonyl (C=O) groups is 1. The van der Waals surface area contributed by atoms with Gasteiger partial charge in [-0.05, 0) is 86.3 Å². The van der Waals surface area contributed by atoms with Gasteiger partial charge in [0, 0.05) is 5.92 Å². The van der Waals surface area contributed by atoms with Gasteiger partial charge in [0.25, 0.3) is 0 Å². The van der Waals surface area contributed by atoms with Gasteiger partial charge >= 0.3 is 11.2 Å². The third-order valence-electron chi connectivity index (χ3n) is 8.36. The number of carbonyl (C=O) groups excluding carboxylic acids is 1. The van der Waals surface area contributed by atoms with E-state index < -0.39 is 39.5 Å². The molecule has 0 radical (unpaired) electrons. The fourth-order valence-electron chi connectivity index (χ4n) is 6.82. The van der Waals surface area contributed by atoms with Crippen LogP contribution in [0.5, 0.6) is 0 Å². The molecule has 6 nitrogen and oxygen atoms in total. The fourth-order valence-corrected chi connectivity index (χ4v) is 9.19. The van der Waals surface area contributed by atoms with Crippen molar-refractivity contribution in [3.05, 3.63) is 91.0 Å². The van der Waals surface area contributed by atoms with Crippen LogP contribution in [0.25, 0.3) is 0 Å². The predicted molar refractivity (Wildman–Crippen MR) is 149 cm³/mol. The van der Waals surface area contributed by atoms with Crippen molar-refractivity contribution < 1.29 is 36.4 Å². The Morgan fingerprint density at radius 2 is 1.27 bits per heavy atom. The molecule has 3 aromatic rings. The summed E-state index contributed by atoms with van der Waals surface area (Å²) in [6.45, 7) is -0.482. The topological polar surface area (TPSA) is 104 Å². The molecule has 3 aromatic carbocycles. The molecule has 1 N–H and O–H groups in total. The smallest absolute Gasteiger partial charge is 0.428 e. The minimum Gasteiger partial charge on any atom is -0.743 e. The molecule has 3 unspecified atom stereocenters. The van der Waals surface area contributed by atoms with E-state index in [1.165, 1.54) is 14.7 Å². The van der Waals surface area contributed by atoms with Crippen LogP contribution in [0.15, 0.2) is 106 Å². The van der Waals surface area contributed by atoms with Gasteiger partial charge in [-0.1, -0.05) is 54.6 Å². The summed E-state index contributed by atoms with van der Waals surface area (Å²) in [4.78, 5) is 15.3. The lowest BCUT2D eigenvalue weighted by molar-refractivity contribution is -0.196. The van der Waals surface area contributed by atoms with Crippen molar-refractivity contribution in [3.63, 3.8) is 0 Å². The Bertz CT molecular complexity index is 1330. The van der Waals surface area contributed by atoms with Gasteiger partial charge in [0.05, 0.1) is 23.1 Å². The van der Waals surface area contributed by atoms with Crippen LogP contribution in [0.3, 0.4) is 0 Å². The van der Waals surface area contributed by atoms with E-state index in [4.69, 9.17) is 0 Å². The second-order valence-electron chi connectivity index (χ2n) is 11.1. The highest BCUT2D eigenvalue weighted by Gasteiger charge is 2.57. The average molecular weight is 603 g/mol. The lowest BCUT2D eigenvalue weighted by Gasteiger charge is -2.58. The van der Waals surface area contributed by atoms with E-state index >= 15 is 0 Å². The Morgan fingerprint density at radius 3 is 1.63 bits per heavy atom. The molecule has 0 aromatic heterocycles. The molecule has 10 heteroatoms. The summed E-state index contributed by atoms with van der Waals surface area (Å²) in [5.74, 6) is -1.92. The van der Waals surface area contributed by atoms with Crippen molar-refractivity contribution in [2.24, 2.45) is 23.7 Å². The Hall–Kier alpha value is -2.79. The molecule has 4 fully saturated rings. The average Bonchev–Trinajstić information content (AvgIpc) is 2.93. The maximum absolute atomic E-state index is 13.1. The van der Waals surface area contributed by atoms with Gasteiger partial charge in [-0.3, -0.25) is 0 Å². The highest BCUT2D eigenvalue weighted by Crippen LogP contribution is 2.58. The van der Waals surface area contributed by atoms with Crippen LogP contribution in [-0.2, 0) is 30.5 Å². The SMILES string of the molecule is O=C(OCC1C2CC3CC(C2)CC1(O)C3)C(F)(F)S(=O)(=O)[O-].c1ccc([S+](c2ccccc2)c2ccccc2)cc1. The third kappa shape index (κ3) is 6.35. The van der Waals surface area contributed by atoms with Crippen LogP contribution in [0.1, 0.15) is 32.1 Å². The summed E-state index contributed by atoms with van der Waals surface area (Å²) < 4.78 is 61.8. The van der Waals surface area contributed by atoms with Crippen molar-refractivity contribution in [2.75, 3.05) is 6.61 Å². The van der Waals surface area contributed by atoms with Crippen LogP contribution in [0.2, 0.25) is 0 Å². The minimum absolute atomic E-state index is 0.0146. The van der Waals surface area contributed by atoms with Gasteiger partial charge in [-0.2, -0.15) is 8.78 Å². The summed E-state index contributed by atoms with van der Waals surface area (Å²) in [6, 6.07) is 32.2. The number of halogens is 2. The van der Waals surface area contributed by atoms with E-state index in [1.54, 1.807) is 0 Å². The number of rotatable bonds is 7. The molecule has 3 atom stereocenters. The molecule has 7 rings (SSSR count). The summed E-state index contributed by atoms with van der Waals surface area (Å²) in [5, 5.41) is 5.58. The molecular formula is C31H32F2O6S2. The number of alkyl halides is 2. The summed E-state index contributed by atoms with van der Waals surface area (Å²) in [5.41, 5.74) is -1.04. The molecule has 218 valence electrons. The zero-order chi connectivity index (χ0) is 29.3. The van der Waals surface area contributed by atoms with Crippen molar-refractivity contribution in [1.82, 2.24) is 0 Å². The van der Waals surface area contributed by atoms with Crippen LogP contribution >= 0.6 is 0 Å². The summed E-state index contributed by atoms with van der Waals surface area (Å²) in [7, 11) is -6.13. The molecular weight excluding hydrogens is 570 g/mol. The van der Waals surface area contributed by atoms with E-state index in [2.05, 4.69) is 95.7 Å². The van der Waals surface area contributed by atoms with E-state index in [0.29, 0.717) is 24.7 Å². The van der Waals surface area contributed by atoms with Crippen LogP contribution in [0.4, 0.5) is 8.78 Å². The minimum atomic E-state index is -6.11. The highest BCUT2D eigenvalue weighted by atomic mass is 32.2. The van der Waals surface area contributed by atoms with Gasteiger partial charge in [-0.15, -0.1) is 0 Å². The van der Waals surface area contributed by atoms with Crippen LogP contribution in [0, 0.1) is 23.7 Å². The van der Waals surface area contributed by atoms with Gasteiger partial charge in [0.15, 0.2) is 24.8 Å². The van der Waals surface area contributed by atoms with Gasteiger partial charge in [-0.25, -0.2) is 13.2 Å². The molecule has 41 heavy (non-hydrogen) atoms. The van der Waals surface area contributed by atoms with Crippen molar-refractivity contribution in [2.45, 2.75) is 57.6 Å². The van der Waals surface area contributed by atoms with Crippen molar-refractivity contribution in [1.29, 1.82) is 0 Å². The first-order chi connectivity index (χ1) is 19.5. The van der Waals surface area contributed by atoms with Crippen molar-refractivity contribution >= 4 is 27.0 Å². The van der Waals surface area contributed by atoms with Crippen LogP contribution in [-0.4, -0.2) is 41.5 Å². The molecule has 0 spiro atoms.